The van der Waals surface area contributed by atoms with E-state index in [9.17, 15) is 14.3 Å². The molecule has 0 aliphatic carbocycles. The topological polar surface area (TPSA) is 140 Å². The number of carboxylic acid groups (broad SMARTS) is 1. The van der Waals surface area contributed by atoms with Crippen LogP contribution in [0.4, 0.5) is 10.3 Å². The van der Waals surface area contributed by atoms with Crippen LogP contribution in [-0.4, -0.2) is 26.0 Å². The van der Waals surface area contributed by atoms with Crippen molar-refractivity contribution in [3.8, 4) is 22.6 Å². The van der Waals surface area contributed by atoms with Crippen molar-refractivity contribution in [3.63, 3.8) is 0 Å². The number of aromatic amines is 1. The summed E-state index contributed by atoms with van der Waals surface area (Å²) >= 11 is 0. The zero-order chi connectivity index (χ0) is 16.6. The lowest BCUT2D eigenvalue weighted by Gasteiger charge is -2.04. The largest absolute Gasteiger partial charge is 0.478 e. The molecule has 0 radical (unpaired) electrons. The third-order valence-electron chi connectivity index (χ3n) is 3.39. The smallest absolute Gasteiger partial charge is 0.337 e. The second kappa shape index (κ2) is 6.47. The normalized spacial score (nSPS) is 10.2. The van der Waals surface area contributed by atoms with Crippen molar-refractivity contribution < 1.29 is 14.3 Å². The molecule has 7 N–H and O–H groups in total. The summed E-state index contributed by atoms with van der Waals surface area (Å²) in [6.07, 6.45) is 1.46. The first-order valence-corrected chi connectivity index (χ1v) is 6.77. The summed E-state index contributed by atoms with van der Waals surface area (Å²) in [4.78, 5) is 22.2. The summed E-state index contributed by atoms with van der Waals surface area (Å²) in [6, 6.07) is 7.60. The molecule has 3 aromatic rings. The number of aromatic carboxylic acids is 1. The van der Waals surface area contributed by atoms with E-state index in [0.29, 0.717) is 11.4 Å². The number of aromatic nitrogens is 3. The average molecular weight is 329 g/mol. The Bertz CT molecular complexity index is 907. The summed E-state index contributed by atoms with van der Waals surface area (Å²) in [5, 5.41) is 9.39. The van der Waals surface area contributed by atoms with Gasteiger partial charge in [0.2, 0.25) is 5.95 Å². The highest BCUT2D eigenvalue weighted by atomic mass is 19.1. The molecule has 8 heteroatoms. The minimum absolute atomic E-state index is 0. The molecule has 0 aliphatic heterocycles. The van der Waals surface area contributed by atoms with E-state index in [4.69, 9.17) is 5.73 Å². The molecule has 0 saturated carbocycles. The molecule has 0 amide bonds. The third-order valence-corrected chi connectivity index (χ3v) is 3.39. The van der Waals surface area contributed by atoms with Gasteiger partial charge in [0.05, 0.1) is 22.6 Å². The maximum atomic E-state index is 14.2. The van der Waals surface area contributed by atoms with Gasteiger partial charge in [0.25, 0.3) is 0 Å². The van der Waals surface area contributed by atoms with Crippen LogP contribution in [0, 0.1) is 12.7 Å². The van der Waals surface area contributed by atoms with Gasteiger partial charge in [-0.15, -0.1) is 0 Å². The predicted octanol–water partition coefficient (Wildman–Crippen LogP) is 3.03. The molecule has 124 valence electrons. The first-order valence-electron chi connectivity index (χ1n) is 6.77. The lowest BCUT2D eigenvalue weighted by molar-refractivity contribution is 0.0698. The number of rotatable bonds is 3. The highest BCUT2D eigenvalue weighted by Gasteiger charge is 2.20. The summed E-state index contributed by atoms with van der Waals surface area (Å²) in [5.41, 5.74) is 7.46. The maximum Gasteiger partial charge on any atom is 0.337 e. The molecule has 0 bridgehead atoms. The molecular weight excluding hydrogens is 313 g/mol. The van der Waals surface area contributed by atoms with Crippen LogP contribution in [0.3, 0.4) is 0 Å². The highest BCUT2D eigenvalue weighted by molar-refractivity contribution is 5.97. The second-order valence-electron chi connectivity index (χ2n) is 5.06. The van der Waals surface area contributed by atoms with Gasteiger partial charge < -0.3 is 22.0 Å². The first kappa shape index (κ1) is 17.1. The summed E-state index contributed by atoms with van der Waals surface area (Å²) in [6.45, 7) is 1.76. The molecule has 0 unspecified atom stereocenters. The quantitative estimate of drug-likeness (QED) is 0.582. The van der Waals surface area contributed by atoms with Crippen molar-refractivity contribution in [1.82, 2.24) is 21.1 Å². The van der Waals surface area contributed by atoms with Gasteiger partial charge in [-0.05, 0) is 36.8 Å². The van der Waals surface area contributed by atoms with Crippen molar-refractivity contribution in [2.75, 3.05) is 5.73 Å². The first-order chi connectivity index (χ1) is 11.0. The van der Waals surface area contributed by atoms with Crippen LogP contribution in [-0.2, 0) is 0 Å². The zero-order valence-electron chi connectivity index (χ0n) is 12.9. The molecule has 2 heterocycles. The number of halogens is 1. The number of H-pyrrole nitrogens is 1. The Hall–Kier alpha value is -3.26. The Morgan fingerprint density at radius 2 is 2.04 bits per heavy atom. The molecule has 0 saturated heterocycles. The van der Waals surface area contributed by atoms with Crippen LogP contribution in [0.15, 0.2) is 36.5 Å². The van der Waals surface area contributed by atoms with E-state index in [0.717, 1.165) is 5.56 Å². The number of nitrogens with two attached hydrogens (primary N) is 1. The molecule has 0 spiro atoms. The fourth-order valence-corrected chi connectivity index (χ4v) is 2.32. The second-order valence-corrected chi connectivity index (χ2v) is 5.06. The molecule has 2 aromatic heterocycles. The van der Waals surface area contributed by atoms with Gasteiger partial charge in [0.1, 0.15) is 5.82 Å². The molecule has 1 aromatic carbocycles. The van der Waals surface area contributed by atoms with Gasteiger partial charge >= 0.3 is 5.97 Å². The molecule has 7 nitrogen and oxygen atoms in total. The van der Waals surface area contributed by atoms with Crippen molar-refractivity contribution in [3.05, 3.63) is 53.5 Å². The number of benzene rings is 1. The lowest BCUT2D eigenvalue weighted by atomic mass is 10.1. The van der Waals surface area contributed by atoms with Crippen LogP contribution < -0.4 is 11.9 Å². The van der Waals surface area contributed by atoms with E-state index in [2.05, 4.69) is 15.0 Å². The third kappa shape index (κ3) is 3.08. The molecule has 0 aliphatic rings. The summed E-state index contributed by atoms with van der Waals surface area (Å²) in [7, 11) is 0. The number of nitrogen functional groups attached to an aromatic ring is 1. The molecule has 0 fully saturated rings. The number of carboxylic acids is 1. The van der Waals surface area contributed by atoms with Crippen molar-refractivity contribution >= 4 is 11.9 Å². The van der Waals surface area contributed by atoms with E-state index >= 15 is 0 Å². The Morgan fingerprint density at radius 3 is 2.67 bits per heavy atom. The van der Waals surface area contributed by atoms with Crippen LogP contribution in [0.2, 0.25) is 0 Å². The van der Waals surface area contributed by atoms with E-state index in [1.165, 1.54) is 18.3 Å². The van der Waals surface area contributed by atoms with Crippen molar-refractivity contribution in [1.29, 1.82) is 0 Å². The van der Waals surface area contributed by atoms with Crippen LogP contribution in [0.1, 0.15) is 15.9 Å². The zero-order valence-corrected chi connectivity index (χ0v) is 12.9. The van der Waals surface area contributed by atoms with Crippen molar-refractivity contribution in [2.45, 2.75) is 6.92 Å². The minimum Gasteiger partial charge on any atom is -0.478 e. The number of anilines is 1. The SMILES string of the molecule is Cc1ccc(-c2[nH]c(-c3ccnc(N)n3)cc2C(=O)O)c(F)c1.N. The van der Waals surface area contributed by atoms with Crippen LogP contribution in [0.5, 0.6) is 0 Å². The maximum absolute atomic E-state index is 14.2. The summed E-state index contributed by atoms with van der Waals surface area (Å²) < 4.78 is 14.2. The molecule has 3 rings (SSSR count). The minimum atomic E-state index is -1.16. The Labute approximate surface area is 137 Å². The lowest BCUT2D eigenvalue weighted by Crippen LogP contribution is -1.98. The Kier molecular flexibility index (Phi) is 4.61. The van der Waals surface area contributed by atoms with Crippen LogP contribution in [0.25, 0.3) is 22.6 Å². The van der Waals surface area contributed by atoms with Gasteiger partial charge in [0, 0.05) is 11.8 Å². The van der Waals surface area contributed by atoms with Gasteiger partial charge in [-0.2, -0.15) is 0 Å². The molecule has 24 heavy (non-hydrogen) atoms. The highest BCUT2D eigenvalue weighted by Crippen LogP contribution is 2.30. The number of nitrogens with zero attached hydrogens (tertiary/aromatic N) is 2. The van der Waals surface area contributed by atoms with Gasteiger partial charge in [-0.1, -0.05) is 6.07 Å². The predicted molar refractivity (Wildman–Crippen MR) is 88.3 cm³/mol. The standard InChI is InChI=1S/C16H13FN4O2.H3N/c1-8-2-3-9(11(17)6-8)14-10(15(22)23)7-13(20-14)12-4-5-19-16(18)21-12;/h2-7,20H,1H3,(H,22,23)(H2,18,19,21);1H3. The molecule has 0 atom stereocenters. The van der Waals surface area contributed by atoms with E-state index in [-0.39, 0.29) is 28.9 Å². The summed E-state index contributed by atoms with van der Waals surface area (Å²) in [5.74, 6) is -1.59. The fraction of sp³-hybridized carbons (Fsp3) is 0.0625. The average Bonchev–Trinajstić information content (AvgIpc) is 2.92. The van der Waals surface area contributed by atoms with E-state index < -0.39 is 11.8 Å². The van der Waals surface area contributed by atoms with Gasteiger partial charge in [-0.3, -0.25) is 0 Å². The van der Waals surface area contributed by atoms with Crippen LogP contribution >= 0.6 is 0 Å². The number of carbonyl (C=O) groups is 1. The van der Waals surface area contributed by atoms with Gasteiger partial charge in [-0.25, -0.2) is 19.2 Å². The van der Waals surface area contributed by atoms with E-state index in [1.54, 1.807) is 25.1 Å². The number of nitrogens with one attached hydrogen (secondary N) is 1. The molecular formula is C16H16FN5O2. The van der Waals surface area contributed by atoms with Gasteiger partial charge in [0.15, 0.2) is 0 Å². The Morgan fingerprint density at radius 1 is 1.29 bits per heavy atom. The number of aryl methyl sites for hydroxylation is 1. The number of hydrogen-bond donors (Lipinski definition) is 4. The monoisotopic (exact) mass is 329 g/mol. The number of hydrogen-bond acceptors (Lipinski definition) is 5. The van der Waals surface area contributed by atoms with E-state index in [1.807, 2.05) is 0 Å². The Balaban J connectivity index is 0.00000208. The van der Waals surface area contributed by atoms with Crippen molar-refractivity contribution in [2.24, 2.45) is 0 Å². The fourth-order valence-electron chi connectivity index (χ4n) is 2.32.